The minimum absolute atomic E-state index is 0.0498. The van der Waals surface area contributed by atoms with E-state index < -0.39 is 0 Å². The van der Waals surface area contributed by atoms with Gasteiger partial charge in [-0.1, -0.05) is 13.3 Å². The molecule has 0 radical (unpaired) electrons. The molecule has 0 heterocycles. The van der Waals surface area contributed by atoms with Crippen molar-refractivity contribution in [2.24, 2.45) is 11.8 Å². The monoisotopic (exact) mass is 253 g/mol. The minimum Gasteiger partial charge on any atom is -0.338 e. The van der Waals surface area contributed by atoms with Crippen molar-refractivity contribution in [3.63, 3.8) is 0 Å². The average Bonchev–Trinajstić information content (AvgIpc) is 2.27. The first-order valence-corrected chi connectivity index (χ1v) is 7.21. The Morgan fingerprint density at radius 2 is 1.67 bits per heavy atom. The normalized spacial score (nSPS) is 22.4. The van der Waals surface area contributed by atoms with E-state index in [1.165, 1.54) is 0 Å². The molecule has 18 heavy (non-hydrogen) atoms. The van der Waals surface area contributed by atoms with Crippen LogP contribution in [0.25, 0.3) is 0 Å². The van der Waals surface area contributed by atoms with Gasteiger partial charge in [0.15, 0.2) is 0 Å². The molecule has 2 atom stereocenters. The van der Waals surface area contributed by atoms with Crippen molar-refractivity contribution in [2.75, 3.05) is 0 Å². The Labute approximate surface area is 111 Å². The van der Waals surface area contributed by atoms with Gasteiger partial charge < -0.3 is 4.90 Å². The first-order chi connectivity index (χ1) is 8.36. The van der Waals surface area contributed by atoms with Gasteiger partial charge in [-0.2, -0.15) is 0 Å². The lowest BCUT2D eigenvalue weighted by molar-refractivity contribution is -0.144. The van der Waals surface area contributed by atoms with E-state index >= 15 is 0 Å². The van der Waals surface area contributed by atoms with Crippen LogP contribution in [0.5, 0.6) is 0 Å². The van der Waals surface area contributed by atoms with Gasteiger partial charge in [-0.05, 0) is 40.5 Å². The molecule has 1 fully saturated rings. The number of carbonyl (C=O) groups excluding carboxylic acids is 2. The summed E-state index contributed by atoms with van der Waals surface area (Å²) >= 11 is 0. The van der Waals surface area contributed by atoms with Crippen LogP contribution >= 0.6 is 0 Å². The van der Waals surface area contributed by atoms with E-state index in [1.54, 1.807) is 0 Å². The second-order valence-corrected chi connectivity index (χ2v) is 6.04. The zero-order valence-corrected chi connectivity index (χ0v) is 12.4. The van der Waals surface area contributed by atoms with Gasteiger partial charge in [0.2, 0.25) is 5.91 Å². The van der Waals surface area contributed by atoms with Crippen LogP contribution in [0, 0.1) is 11.8 Å². The van der Waals surface area contributed by atoms with Crippen LogP contribution in [0.2, 0.25) is 0 Å². The Morgan fingerprint density at radius 3 is 2.11 bits per heavy atom. The molecule has 1 rings (SSSR count). The maximum absolute atomic E-state index is 12.5. The van der Waals surface area contributed by atoms with Gasteiger partial charge in [0.25, 0.3) is 0 Å². The number of Topliss-reactive ketones (excluding diaryl/α,β-unsaturated/α-hetero) is 1. The number of hydrogen-bond acceptors (Lipinski definition) is 2. The molecule has 1 amide bonds. The predicted octanol–water partition coefficient (Wildman–Crippen LogP) is 3.03. The molecule has 0 aromatic carbocycles. The van der Waals surface area contributed by atoms with Crippen LogP contribution in [-0.2, 0) is 9.59 Å². The quantitative estimate of drug-likeness (QED) is 0.772. The summed E-state index contributed by atoms with van der Waals surface area (Å²) in [5, 5.41) is 0. The van der Waals surface area contributed by atoms with Crippen LogP contribution in [-0.4, -0.2) is 28.7 Å². The standard InChI is InChI=1S/C15H27NO2/c1-10(2)16(11(3)4)15(18)12(5)13-8-6-7-9-14(13)17/h10-13H,6-9H2,1-5H3/t12-,13-/m1/s1. The molecule has 104 valence electrons. The Balaban J connectivity index is 2.78. The summed E-state index contributed by atoms with van der Waals surface area (Å²) in [4.78, 5) is 26.4. The Kier molecular flexibility index (Phi) is 5.36. The summed E-state index contributed by atoms with van der Waals surface area (Å²) < 4.78 is 0. The van der Waals surface area contributed by atoms with Crippen LogP contribution in [0.4, 0.5) is 0 Å². The number of amides is 1. The molecule has 0 aliphatic heterocycles. The Morgan fingerprint density at radius 1 is 1.11 bits per heavy atom. The van der Waals surface area contributed by atoms with Crippen molar-refractivity contribution in [3.05, 3.63) is 0 Å². The number of rotatable bonds is 4. The van der Waals surface area contributed by atoms with Crippen LogP contribution < -0.4 is 0 Å². The predicted molar refractivity (Wildman–Crippen MR) is 73.2 cm³/mol. The third-order valence-electron chi connectivity index (χ3n) is 3.96. The van der Waals surface area contributed by atoms with Crippen LogP contribution in [0.1, 0.15) is 60.3 Å². The molecule has 0 spiro atoms. The minimum atomic E-state index is -0.164. The number of nitrogens with zero attached hydrogens (tertiary/aromatic N) is 1. The third kappa shape index (κ3) is 3.33. The highest BCUT2D eigenvalue weighted by molar-refractivity contribution is 5.89. The van der Waals surface area contributed by atoms with Crippen LogP contribution in [0.3, 0.4) is 0 Å². The zero-order chi connectivity index (χ0) is 13.9. The SMILES string of the molecule is CC(C)N(C(=O)[C@H](C)[C@H]1CCCCC1=O)C(C)C. The Bertz CT molecular complexity index is 302. The summed E-state index contributed by atoms with van der Waals surface area (Å²) in [5.41, 5.74) is 0. The summed E-state index contributed by atoms with van der Waals surface area (Å²) in [6.45, 7) is 10.1. The molecule has 0 bridgehead atoms. The first-order valence-electron chi connectivity index (χ1n) is 7.21. The molecule has 0 unspecified atom stereocenters. The molecule has 0 N–H and O–H groups in total. The van der Waals surface area contributed by atoms with Gasteiger partial charge in [-0.3, -0.25) is 9.59 Å². The van der Waals surface area contributed by atoms with Crippen molar-refractivity contribution in [3.8, 4) is 0 Å². The van der Waals surface area contributed by atoms with Crippen molar-refractivity contribution in [1.82, 2.24) is 4.90 Å². The second kappa shape index (κ2) is 6.35. The lowest BCUT2D eigenvalue weighted by Gasteiger charge is -2.36. The largest absolute Gasteiger partial charge is 0.338 e. The highest BCUT2D eigenvalue weighted by Crippen LogP contribution is 2.29. The van der Waals surface area contributed by atoms with Crippen molar-refractivity contribution >= 4 is 11.7 Å². The van der Waals surface area contributed by atoms with Crippen molar-refractivity contribution in [2.45, 2.75) is 72.4 Å². The highest BCUT2D eigenvalue weighted by Gasteiger charge is 2.35. The fourth-order valence-corrected chi connectivity index (χ4v) is 3.05. The smallest absolute Gasteiger partial charge is 0.226 e. The lowest BCUT2D eigenvalue weighted by Crippen LogP contribution is -2.47. The molecule has 0 saturated heterocycles. The van der Waals surface area contributed by atoms with Crippen molar-refractivity contribution in [1.29, 1.82) is 0 Å². The zero-order valence-electron chi connectivity index (χ0n) is 12.4. The van der Waals surface area contributed by atoms with Gasteiger partial charge in [-0.25, -0.2) is 0 Å². The molecule has 1 aliphatic carbocycles. The first kappa shape index (κ1) is 15.2. The molecule has 1 aliphatic rings. The summed E-state index contributed by atoms with van der Waals surface area (Å²) in [7, 11) is 0. The maximum Gasteiger partial charge on any atom is 0.226 e. The molecular formula is C15H27NO2. The van der Waals surface area contributed by atoms with E-state index in [4.69, 9.17) is 0 Å². The second-order valence-electron chi connectivity index (χ2n) is 6.04. The van der Waals surface area contributed by atoms with E-state index in [9.17, 15) is 9.59 Å². The van der Waals surface area contributed by atoms with Crippen LogP contribution in [0.15, 0.2) is 0 Å². The summed E-state index contributed by atoms with van der Waals surface area (Å²) in [5.74, 6) is 0.212. The van der Waals surface area contributed by atoms with E-state index in [0.717, 1.165) is 19.3 Å². The fourth-order valence-electron chi connectivity index (χ4n) is 3.05. The van der Waals surface area contributed by atoms with E-state index in [2.05, 4.69) is 0 Å². The lowest BCUT2D eigenvalue weighted by atomic mass is 9.79. The topological polar surface area (TPSA) is 37.4 Å². The van der Waals surface area contributed by atoms with E-state index in [-0.39, 0.29) is 35.6 Å². The van der Waals surface area contributed by atoms with Gasteiger partial charge in [-0.15, -0.1) is 0 Å². The molecule has 1 saturated carbocycles. The number of carbonyl (C=O) groups is 2. The van der Waals surface area contributed by atoms with E-state index in [1.807, 2.05) is 39.5 Å². The maximum atomic E-state index is 12.5. The van der Waals surface area contributed by atoms with Crippen molar-refractivity contribution < 1.29 is 9.59 Å². The average molecular weight is 253 g/mol. The molecule has 3 heteroatoms. The van der Waals surface area contributed by atoms with Gasteiger partial charge in [0.1, 0.15) is 5.78 Å². The fraction of sp³-hybridized carbons (Fsp3) is 0.867. The number of hydrogen-bond donors (Lipinski definition) is 0. The summed E-state index contributed by atoms with van der Waals surface area (Å²) in [6.07, 6.45) is 3.62. The molecule has 0 aromatic rings. The highest BCUT2D eigenvalue weighted by atomic mass is 16.2. The molecule has 3 nitrogen and oxygen atoms in total. The van der Waals surface area contributed by atoms with Gasteiger partial charge in [0, 0.05) is 30.3 Å². The number of ketones is 1. The summed E-state index contributed by atoms with van der Waals surface area (Å²) in [6, 6.07) is 0.386. The van der Waals surface area contributed by atoms with Gasteiger partial charge in [0.05, 0.1) is 0 Å². The van der Waals surface area contributed by atoms with Gasteiger partial charge >= 0.3 is 0 Å². The third-order valence-corrected chi connectivity index (χ3v) is 3.96. The van der Waals surface area contributed by atoms with E-state index in [0.29, 0.717) is 6.42 Å². The molecule has 0 aromatic heterocycles. The Hall–Kier alpha value is -0.860. The molecular weight excluding hydrogens is 226 g/mol.